The number of carbonyl (C=O) groups excluding carboxylic acids is 1. The van der Waals surface area contributed by atoms with Gasteiger partial charge in [-0.15, -0.1) is 0 Å². The number of carbonyl (C=O) groups is 1. The van der Waals surface area contributed by atoms with Gasteiger partial charge in [0.1, 0.15) is 5.82 Å². The molecule has 1 N–H and O–H groups in total. The summed E-state index contributed by atoms with van der Waals surface area (Å²) in [7, 11) is -2.61. The maximum absolute atomic E-state index is 12.9. The molecular weight excluding hydrogens is 225 g/mol. The van der Waals surface area contributed by atoms with E-state index >= 15 is 0 Å². The number of sulfonamides is 1. The van der Waals surface area contributed by atoms with Crippen molar-refractivity contribution < 1.29 is 22.7 Å². The zero-order chi connectivity index (χ0) is 11.6. The van der Waals surface area contributed by atoms with Crippen LogP contribution >= 0.6 is 0 Å². The summed E-state index contributed by atoms with van der Waals surface area (Å²) in [6.07, 6.45) is 0. The van der Waals surface area contributed by atoms with Crippen LogP contribution in [0, 0.1) is 5.82 Å². The number of halogens is 1. The number of nitrogens with one attached hydrogen (secondary N) is 1. The molecular formula is C8H7FNO4S-. The Kier molecular flexibility index (Phi) is 3.06. The van der Waals surface area contributed by atoms with Crippen LogP contribution in [0.5, 0.6) is 0 Å². The zero-order valence-electron chi connectivity index (χ0n) is 7.65. The molecule has 0 unspecified atom stereocenters. The first-order valence-electron chi connectivity index (χ1n) is 3.83. The number of rotatable bonds is 3. The molecule has 0 spiro atoms. The van der Waals surface area contributed by atoms with E-state index in [4.69, 9.17) is 0 Å². The van der Waals surface area contributed by atoms with Gasteiger partial charge in [-0.25, -0.2) is 17.5 Å². The van der Waals surface area contributed by atoms with E-state index < -0.39 is 27.4 Å². The van der Waals surface area contributed by atoms with Crippen LogP contribution in [0.3, 0.4) is 0 Å². The van der Waals surface area contributed by atoms with Crippen molar-refractivity contribution in [3.63, 3.8) is 0 Å². The second-order valence-electron chi connectivity index (χ2n) is 2.64. The van der Waals surface area contributed by atoms with Crippen molar-refractivity contribution in [1.82, 2.24) is 4.72 Å². The largest absolute Gasteiger partial charge is 0.545 e. The smallest absolute Gasteiger partial charge is 0.240 e. The molecule has 0 heterocycles. The van der Waals surface area contributed by atoms with Crippen LogP contribution in [0.15, 0.2) is 23.1 Å². The highest BCUT2D eigenvalue weighted by atomic mass is 32.2. The highest BCUT2D eigenvalue weighted by molar-refractivity contribution is 7.89. The van der Waals surface area contributed by atoms with Crippen LogP contribution in [0.2, 0.25) is 0 Å². The molecule has 0 radical (unpaired) electrons. The molecule has 0 amide bonds. The molecule has 0 fully saturated rings. The quantitative estimate of drug-likeness (QED) is 0.731. The monoisotopic (exact) mass is 232 g/mol. The topological polar surface area (TPSA) is 86.3 Å². The molecule has 1 rings (SSSR count). The number of carboxylic acids is 1. The summed E-state index contributed by atoms with van der Waals surface area (Å²) in [5.74, 6) is -2.80. The van der Waals surface area contributed by atoms with Crippen LogP contribution in [0.25, 0.3) is 0 Å². The van der Waals surface area contributed by atoms with Gasteiger partial charge in [0.25, 0.3) is 0 Å². The first-order chi connectivity index (χ1) is 6.88. The Balaban J connectivity index is 3.38. The van der Waals surface area contributed by atoms with E-state index in [1.165, 1.54) is 0 Å². The normalized spacial score (nSPS) is 11.3. The van der Waals surface area contributed by atoms with Crippen LogP contribution in [-0.4, -0.2) is 21.4 Å². The molecule has 82 valence electrons. The average molecular weight is 232 g/mol. The molecule has 0 aliphatic rings. The summed E-state index contributed by atoms with van der Waals surface area (Å²) in [6, 6.07) is 2.43. The summed E-state index contributed by atoms with van der Waals surface area (Å²) in [6.45, 7) is 0. The van der Waals surface area contributed by atoms with Gasteiger partial charge in [-0.1, -0.05) is 0 Å². The third-order valence-electron chi connectivity index (χ3n) is 1.74. The lowest BCUT2D eigenvalue weighted by Gasteiger charge is -2.07. The van der Waals surface area contributed by atoms with Crippen molar-refractivity contribution in [2.24, 2.45) is 0 Å². The average Bonchev–Trinajstić information content (AvgIpc) is 2.17. The van der Waals surface area contributed by atoms with E-state index in [2.05, 4.69) is 0 Å². The van der Waals surface area contributed by atoms with Crippen molar-refractivity contribution >= 4 is 16.0 Å². The number of benzene rings is 1. The van der Waals surface area contributed by atoms with Crippen LogP contribution in [-0.2, 0) is 10.0 Å². The minimum absolute atomic E-state index is 0.328. The molecule has 0 atom stereocenters. The van der Waals surface area contributed by atoms with Gasteiger partial charge in [0.15, 0.2) is 0 Å². The van der Waals surface area contributed by atoms with Crippen LogP contribution in [0.4, 0.5) is 4.39 Å². The van der Waals surface area contributed by atoms with Gasteiger partial charge in [0.05, 0.1) is 10.9 Å². The maximum Gasteiger partial charge on any atom is 0.240 e. The van der Waals surface area contributed by atoms with Gasteiger partial charge < -0.3 is 9.90 Å². The summed E-state index contributed by atoms with van der Waals surface area (Å²) in [5.41, 5.74) is -0.786. The Morgan fingerprint density at radius 2 is 2.07 bits per heavy atom. The molecule has 0 aliphatic carbocycles. The standard InChI is InChI=1S/C8H8FNO4S/c1-10-15(13,14)5-2-3-7(9)6(4-5)8(11)12/h2-4,10H,1H3,(H,11,12)/p-1. The predicted molar refractivity (Wildman–Crippen MR) is 47.0 cm³/mol. The number of hydrogen-bond donors (Lipinski definition) is 1. The Hall–Kier alpha value is -1.47. The second kappa shape index (κ2) is 3.95. The number of aromatic carboxylic acids is 1. The highest BCUT2D eigenvalue weighted by Crippen LogP contribution is 2.14. The van der Waals surface area contributed by atoms with E-state index in [1.54, 1.807) is 0 Å². The third-order valence-corrected chi connectivity index (χ3v) is 3.15. The molecule has 0 aromatic heterocycles. The van der Waals surface area contributed by atoms with E-state index in [0.29, 0.717) is 6.07 Å². The summed E-state index contributed by atoms with van der Waals surface area (Å²) in [5, 5.41) is 10.4. The summed E-state index contributed by atoms with van der Waals surface area (Å²) < 4.78 is 37.3. The molecule has 7 heteroatoms. The first-order valence-corrected chi connectivity index (χ1v) is 5.31. The van der Waals surface area contributed by atoms with Gasteiger partial charge in [-0.2, -0.15) is 0 Å². The lowest BCUT2D eigenvalue weighted by Crippen LogP contribution is -2.25. The fraction of sp³-hybridized carbons (Fsp3) is 0.125. The van der Waals surface area contributed by atoms with Crippen LogP contribution in [0.1, 0.15) is 10.4 Å². The third kappa shape index (κ3) is 2.31. The summed E-state index contributed by atoms with van der Waals surface area (Å²) in [4.78, 5) is 10.1. The van der Waals surface area contributed by atoms with Gasteiger partial charge in [-0.3, -0.25) is 0 Å². The minimum atomic E-state index is -3.78. The SMILES string of the molecule is CNS(=O)(=O)c1ccc(F)c(C(=O)[O-])c1. The fourth-order valence-electron chi connectivity index (χ4n) is 0.946. The fourth-order valence-corrected chi connectivity index (χ4v) is 1.70. The molecule has 0 bridgehead atoms. The second-order valence-corrected chi connectivity index (χ2v) is 4.52. The van der Waals surface area contributed by atoms with Gasteiger partial charge in [-0.05, 0) is 25.2 Å². The summed E-state index contributed by atoms with van der Waals surface area (Å²) >= 11 is 0. The van der Waals surface area contributed by atoms with Crippen molar-refractivity contribution in [2.75, 3.05) is 7.05 Å². The molecule has 1 aromatic rings. The Labute approximate surface area is 85.6 Å². The van der Waals surface area contributed by atoms with Gasteiger partial charge in [0, 0.05) is 5.56 Å². The van der Waals surface area contributed by atoms with E-state index in [0.717, 1.165) is 19.2 Å². The molecule has 0 saturated heterocycles. The van der Waals surface area contributed by atoms with E-state index in [9.17, 15) is 22.7 Å². The lowest BCUT2D eigenvalue weighted by molar-refractivity contribution is -0.255. The van der Waals surface area contributed by atoms with E-state index in [-0.39, 0.29) is 4.90 Å². The Morgan fingerprint density at radius 1 is 1.47 bits per heavy atom. The molecule has 15 heavy (non-hydrogen) atoms. The number of hydrogen-bond acceptors (Lipinski definition) is 4. The predicted octanol–water partition coefficient (Wildman–Crippen LogP) is -0.903. The van der Waals surface area contributed by atoms with Crippen LogP contribution < -0.4 is 9.83 Å². The van der Waals surface area contributed by atoms with Crippen molar-refractivity contribution in [3.8, 4) is 0 Å². The molecule has 0 saturated carbocycles. The number of carboxylic acid groups (broad SMARTS) is 1. The maximum atomic E-state index is 12.9. The lowest BCUT2D eigenvalue weighted by atomic mass is 10.2. The zero-order valence-corrected chi connectivity index (χ0v) is 8.47. The molecule has 0 aliphatic heterocycles. The van der Waals surface area contributed by atoms with Gasteiger partial charge in [0.2, 0.25) is 10.0 Å². The Bertz CT molecular complexity index is 497. The first kappa shape index (κ1) is 11.6. The molecule has 5 nitrogen and oxygen atoms in total. The van der Waals surface area contributed by atoms with Crippen molar-refractivity contribution in [1.29, 1.82) is 0 Å². The van der Waals surface area contributed by atoms with Crippen molar-refractivity contribution in [2.45, 2.75) is 4.90 Å². The highest BCUT2D eigenvalue weighted by Gasteiger charge is 2.14. The van der Waals surface area contributed by atoms with E-state index in [1.807, 2.05) is 4.72 Å². The Morgan fingerprint density at radius 3 is 2.53 bits per heavy atom. The van der Waals surface area contributed by atoms with Gasteiger partial charge >= 0.3 is 0 Å². The minimum Gasteiger partial charge on any atom is -0.545 e. The van der Waals surface area contributed by atoms with Crippen molar-refractivity contribution in [3.05, 3.63) is 29.6 Å². The molecule has 1 aromatic carbocycles.